The van der Waals surface area contributed by atoms with Gasteiger partial charge in [-0.3, -0.25) is 18.6 Å². The molecule has 0 aliphatic carbocycles. The molecule has 61 heavy (non-hydrogen) atoms. The van der Waals surface area contributed by atoms with Crippen LogP contribution in [-0.2, 0) is 32.7 Å². The SMILES string of the molecule is CCCCCCCCCCCCCCCCCCCCCCCCCCC(=O)NC(COP(=O)(O)OCC(O)COC(=O)CCCCCCCCCCCCCCC)C(=O)O. The highest BCUT2D eigenvalue weighted by Gasteiger charge is 2.28. The topological polar surface area (TPSA) is 169 Å². The Labute approximate surface area is 374 Å². The molecule has 0 spiro atoms. The highest BCUT2D eigenvalue weighted by Crippen LogP contribution is 2.43. The van der Waals surface area contributed by atoms with Crippen LogP contribution in [0.3, 0.4) is 0 Å². The van der Waals surface area contributed by atoms with Gasteiger partial charge >= 0.3 is 19.8 Å². The fraction of sp³-hybridized carbons (Fsp3) is 0.939. The molecular weight excluding hydrogens is 794 g/mol. The fourth-order valence-electron chi connectivity index (χ4n) is 7.67. The lowest BCUT2D eigenvalue weighted by Crippen LogP contribution is -2.43. The standard InChI is InChI=1S/C49H96NO10P/c1-3-5-7-9-11-13-15-17-18-19-20-21-22-23-24-25-26-27-29-30-32-34-36-38-40-47(52)50-46(49(54)55)44-60-61(56,57)59-43-45(51)42-58-48(53)41-39-37-35-33-31-28-16-14-12-10-8-6-4-2/h45-46,51H,3-44H2,1-2H3,(H,50,52)(H,54,55)(H,56,57). The maximum atomic E-state index is 12.4. The van der Waals surface area contributed by atoms with Gasteiger partial charge < -0.3 is 25.2 Å². The highest BCUT2D eigenvalue weighted by molar-refractivity contribution is 7.47. The summed E-state index contributed by atoms with van der Waals surface area (Å²) >= 11 is 0. The van der Waals surface area contributed by atoms with Crippen LogP contribution in [0.1, 0.15) is 264 Å². The lowest BCUT2D eigenvalue weighted by Gasteiger charge is -2.18. The van der Waals surface area contributed by atoms with Gasteiger partial charge in [-0.2, -0.15) is 0 Å². The van der Waals surface area contributed by atoms with E-state index >= 15 is 0 Å². The Hall–Kier alpha value is -1.52. The second-order valence-electron chi connectivity index (χ2n) is 17.7. The summed E-state index contributed by atoms with van der Waals surface area (Å²) in [5, 5.41) is 21.9. The van der Waals surface area contributed by atoms with Gasteiger partial charge in [0.1, 0.15) is 12.7 Å². The third-order valence-corrected chi connectivity index (χ3v) is 12.6. The first kappa shape index (κ1) is 59.5. The van der Waals surface area contributed by atoms with Crippen LogP contribution >= 0.6 is 7.82 Å². The van der Waals surface area contributed by atoms with E-state index in [1.54, 1.807) is 0 Å². The normalized spacial score (nSPS) is 13.5. The van der Waals surface area contributed by atoms with Crippen molar-refractivity contribution in [3.05, 3.63) is 0 Å². The number of carbonyl (C=O) groups is 3. The van der Waals surface area contributed by atoms with Gasteiger partial charge in [-0.1, -0.05) is 239 Å². The van der Waals surface area contributed by atoms with E-state index in [0.717, 1.165) is 38.5 Å². The van der Waals surface area contributed by atoms with E-state index in [1.807, 2.05) is 0 Å². The number of ether oxygens (including phenoxy) is 1. The zero-order valence-electron chi connectivity index (χ0n) is 39.5. The number of carboxylic acids is 1. The molecule has 0 aromatic carbocycles. The maximum absolute atomic E-state index is 12.4. The van der Waals surface area contributed by atoms with Crippen molar-refractivity contribution in [3.8, 4) is 0 Å². The van der Waals surface area contributed by atoms with Crippen molar-refractivity contribution >= 4 is 25.7 Å². The van der Waals surface area contributed by atoms with E-state index in [9.17, 15) is 34.1 Å². The molecule has 0 bridgehead atoms. The number of aliphatic hydroxyl groups excluding tert-OH is 1. The highest BCUT2D eigenvalue weighted by atomic mass is 31.2. The van der Waals surface area contributed by atoms with Crippen molar-refractivity contribution in [3.63, 3.8) is 0 Å². The molecule has 0 radical (unpaired) electrons. The van der Waals surface area contributed by atoms with Gasteiger partial charge in [0.2, 0.25) is 5.91 Å². The van der Waals surface area contributed by atoms with Gasteiger partial charge in [0.15, 0.2) is 6.04 Å². The van der Waals surface area contributed by atoms with Crippen LogP contribution in [0.5, 0.6) is 0 Å². The van der Waals surface area contributed by atoms with Crippen molar-refractivity contribution in [2.45, 2.75) is 276 Å². The number of aliphatic hydroxyl groups is 1. The fourth-order valence-corrected chi connectivity index (χ4v) is 8.44. The minimum atomic E-state index is -4.75. The second-order valence-corrected chi connectivity index (χ2v) is 19.2. The van der Waals surface area contributed by atoms with Crippen LogP contribution in [0.4, 0.5) is 0 Å². The predicted molar refractivity (Wildman–Crippen MR) is 250 cm³/mol. The average molecular weight is 890 g/mol. The number of phosphoric acid groups is 1. The Bertz CT molecular complexity index is 1050. The molecule has 3 atom stereocenters. The van der Waals surface area contributed by atoms with Crippen LogP contribution < -0.4 is 5.32 Å². The molecule has 362 valence electrons. The molecule has 3 unspecified atom stereocenters. The monoisotopic (exact) mass is 890 g/mol. The van der Waals surface area contributed by atoms with Gasteiger partial charge in [0.05, 0.1) is 13.2 Å². The third kappa shape index (κ3) is 44.9. The number of hydrogen-bond acceptors (Lipinski definition) is 8. The van der Waals surface area contributed by atoms with E-state index in [-0.39, 0.29) is 12.8 Å². The minimum absolute atomic E-state index is 0.153. The molecule has 0 saturated carbocycles. The Kier molecular flexibility index (Phi) is 43.9. The number of unbranched alkanes of at least 4 members (excludes halogenated alkanes) is 35. The maximum Gasteiger partial charge on any atom is 0.472 e. The van der Waals surface area contributed by atoms with Crippen molar-refractivity contribution in [2.75, 3.05) is 19.8 Å². The van der Waals surface area contributed by atoms with E-state index in [0.29, 0.717) is 12.8 Å². The number of amides is 1. The van der Waals surface area contributed by atoms with Crippen LogP contribution in [-0.4, -0.2) is 64.9 Å². The third-order valence-electron chi connectivity index (χ3n) is 11.6. The molecule has 0 aromatic rings. The van der Waals surface area contributed by atoms with Gasteiger partial charge in [0, 0.05) is 12.8 Å². The molecule has 4 N–H and O–H groups in total. The first-order valence-electron chi connectivity index (χ1n) is 25.6. The van der Waals surface area contributed by atoms with Gasteiger partial charge in [-0.05, 0) is 12.8 Å². The molecule has 12 heteroatoms. The Balaban J connectivity index is 3.76. The van der Waals surface area contributed by atoms with Crippen molar-refractivity contribution in [1.82, 2.24) is 5.32 Å². The zero-order chi connectivity index (χ0) is 44.9. The first-order valence-corrected chi connectivity index (χ1v) is 27.1. The molecule has 0 heterocycles. The number of carboxylic acid groups (broad SMARTS) is 1. The largest absolute Gasteiger partial charge is 0.480 e. The quantitative estimate of drug-likeness (QED) is 0.0262. The number of hydrogen-bond donors (Lipinski definition) is 4. The summed E-state index contributed by atoms with van der Waals surface area (Å²) < 4.78 is 26.9. The number of rotatable bonds is 49. The summed E-state index contributed by atoms with van der Waals surface area (Å²) in [5.74, 6) is -2.35. The van der Waals surface area contributed by atoms with Crippen LogP contribution in [0.2, 0.25) is 0 Å². The number of nitrogens with one attached hydrogen (secondary N) is 1. The molecule has 0 aliphatic rings. The van der Waals surface area contributed by atoms with Crippen LogP contribution in [0.15, 0.2) is 0 Å². The lowest BCUT2D eigenvalue weighted by atomic mass is 10.0. The van der Waals surface area contributed by atoms with Crippen LogP contribution in [0, 0.1) is 0 Å². The lowest BCUT2D eigenvalue weighted by molar-refractivity contribution is -0.147. The summed E-state index contributed by atoms with van der Waals surface area (Å²) in [6.07, 6.45) is 45.6. The van der Waals surface area contributed by atoms with Crippen molar-refractivity contribution in [1.29, 1.82) is 0 Å². The van der Waals surface area contributed by atoms with E-state index in [4.69, 9.17) is 13.8 Å². The van der Waals surface area contributed by atoms with Gasteiger partial charge in [0.25, 0.3) is 0 Å². The molecular formula is C49H96NO10P. The average Bonchev–Trinajstić information content (AvgIpc) is 3.24. The molecule has 11 nitrogen and oxygen atoms in total. The smallest absolute Gasteiger partial charge is 0.472 e. The van der Waals surface area contributed by atoms with Crippen molar-refractivity contribution < 1.29 is 47.8 Å². The molecule has 0 saturated heterocycles. The van der Waals surface area contributed by atoms with Crippen molar-refractivity contribution in [2.24, 2.45) is 0 Å². The van der Waals surface area contributed by atoms with Crippen LogP contribution in [0.25, 0.3) is 0 Å². The van der Waals surface area contributed by atoms with Gasteiger partial charge in [-0.15, -0.1) is 0 Å². The first-order chi connectivity index (χ1) is 29.6. The summed E-state index contributed by atoms with van der Waals surface area (Å²) in [7, 11) is -4.75. The molecule has 0 aliphatic heterocycles. The molecule has 0 rings (SSSR count). The zero-order valence-corrected chi connectivity index (χ0v) is 40.4. The Morgan fingerprint density at radius 1 is 0.459 bits per heavy atom. The summed E-state index contributed by atoms with van der Waals surface area (Å²) in [4.78, 5) is 46.0. The predicted octanol–water partition coefficient (Wildman–Crippen LogP) is 13.8. The van der Waals surface area contributed by atoms with E-state index in [2.05, 4.69) is 19.2 Å². The second kappa shape index (κ2) is 45.1. The summed E-state index contributed by atoms with van der Waals surface area (Å²) in [5.41, 5.74) is 0. The Morgan fingerprint density at radius 2 is 0.754 bits per heavy atom. The van der Waals surface area contributed by atoms with E-state index < -0.39 is 57.6 Å². The molecule has 0 fully saturated rings. The molecule has 0 aromatic heterocycles. The Morgan fingerprint density at radius 3 is 1.08 bits per heavy atom. The minimum Gasteiger partial charge on any atom is -0.480 e. The number of phosphoric ester groups is 1. The van der Waals surface area contributed by atoms with Gasteiger partial charge in [-0.25, -0.2) is 9.36 Å². The summed E-state index contributed by atoms with van der Waals surface area (Å²) in [6.45, 7) is 2.64. The summed E-state index contributed by atoms with van der Waals surface area (Å²) in [6, 6.07) is -1.54. The number of carbonyl (C=O) groups excluding carboxylic acids is 2. The van der Waals surface area contributed by atoms with E-state index in [1.165, 1.54) is 186 Å². The molecule has 1 amide bonds. The number of esters is 1. The number of aliphatic carboxylic acids is 1.